The number of aromatic nitrogens is 3. The summed E-state index contributed by atoms with van der Waals surface area (Å²) >= 11 is 0. The van der Waals surface area contributed by atoms with Crippen LogP contribution in [0.3, 0.4) is 0 Å². The molecule has 0 bridgehead atoms. The number of ether oxygens (including phenoxy) is 2. The number of carbonyl (C=O) groups is 1. The second-order valence-electron chi connectivity index (χ2n) is 9.25. The van der Waals surface area contributed by atoms with E-state index < -0.39 is 0 Å². The molecule has 9 heteroatoms. The Kier molecular flexibility index (Phi) is 8.07. The SMILES string of the molecule is CN(C)c1ccc(-c2cc3nccnc3c(OC[C@@H]3CN(C(=O)C4CCCC4)CCO3)n2)cc1.S. The van der Waals surface area contributed by atoms with Gasteiger partial charge in [0, 0.05) is 50.2 Å². The minimum Gasteiger partial charge on any atom is -0.473 e. The largest absolute Gasteiger partial charge is 0.473 e. The van der Waals surface area contributed by atoms with E-state index in [2.05, 4.69) is 27.0 Å². The number of hydrogen-bond donors (Lipinski definition) is 0. The molecule has 2 aromatic heterocycles. The number of nitrogens with zero attached hydrogens (tertiary/aromatic N) is 5. The minimum atomic E-state index is -0.198. The van der Waals surface area contributed by atoms with Crippen molar-refractivity contribution in [2.45, 2.75) is 31.8 Å². The molecule has 2 aliphatic rings. The minimum absolute atomic E-state index is 0. The average molecular weight is 496 g/mol. The summed E-state index contributed by atoms with van der Waals surface area (Å²) in [6.45, 7) is 2.02. The highest BCUT2D eigenvalue weighted by Crippen LogP contribution is 2.29. The van der Waals surface area contributed by atoms with E-state index in [9.17, 15) is 4.79 Å². The van der Waals surface area contributed by atoms with Crippen LogP contribution in [0.2, 0.25) is 0 Å². The van der Waals surface area contributed by atoms with Gasteiger partial charge in [0.15, 0.2) is 5.52 Å². The lowest BCUT2D eigenvalue weighted by molar-refractivity contribution is -0.144. The number of benzene rings is 1. The van der Waals surface area contributed by atoms with Crippen LogP contribution in [0.5, 0.6) is 5.88 Å². The van der Waals surface area contributed by atoms with Crippen molar-refractivity contribution in [1.29, 1.82) is 0 Å². The van der Waals surface area contributed by atoms with Gasteiger partial charge < -0.3 is 19.3 Å². The fourth-order valence-corrected chi connectivity index (χ4v) is 4.75. The van der Waals surface area contributed by atoms with E-state index in [0.29, 0.717) is 37.7 Å². The van der Waals surface area contributed by atoms with Gasteiger partial charge in [-0.25, -0.2) is 9.97 Å². The quantitative estimate of drug-likeness (QED) is 0.516. The number of carbonyl (C=O) groups excluding carboxylic acids is 1. The topological polar surface area (TPSA) is 80.7 Å². The summed E-state index contributed by atoms with van der Waals surface area (Å²) in [4.78, 5) is 30.6. The van der Waals surface area contributed by atoms with E-state index >= 15 is 0 Å². The lowest BCUT2D eigenvalue weighted by atomic mass is 10.1. The Morgan fingerprint density at radius 2 is 1.89 bits per heavy atom. The van der Waals surface area contributed by atoms with Crippen LogP contribution in [0, 0.1) is 5.92 Å². The van der Waals surface area contributed by atoms with Crippen molar-refractivity contribution in [3.8, 4) is 17.1 Å². The zero-order valence-electron chi connectivity index (χ0n) is 20.3. The normalized spacial score (nSPS) is 18.3. The van der Waals surface area contributed by atoms with Gasteiger partial charge in [-0.2, -0.15) is 13.5 Å². The molecule has 1 aromatic carbocycles. The summed E-state index contributed by atoms with van der Waals surface area (Å²) in [7, 11) is 4.03. The summed E-state index contributed by atoms with van der Waals surface area (Å²) in [5.41, 5.74) is 4.21. The van der Waals surface area contributed by atoms with Crippen LogP contribution in [0.25, 0.3) is 22.3 Å². The number of anilines is 1. The molecule has 0 spiro atoms. The highest BCUT2D eigenvalue weighted by Gasteiger charge is 2.31. The Hall–Kier alpha value is -2.91. The van der Waals surface area contributed by atoms with E-state index in [1.54, 1.807) is 12.4 Å². The number of rotatable bonds is 6. The second kappa shape index (κ2) is 11.2. The third-order valence-corrected chi connectivity index (χ3v) is 6.66. The zero-order valence-corrected chi connectivity index (χ0v) is 21.3. The molecule has 5 rings (SSSR count). The van der Waals surface area contributed by atoms with E-state index in [1.807, 2.05) is 37.2 Å². The molecular weight excluding hydrogens is 462 g/mol. The molecule has 0 radical (unpaired) electrons. The molecule has 186 valence electrons. The molecule has 1 saturated carbocycles. The third kappa shape index (κ3) is 5.67. The molecule has 0 N–H and O–H groups in total. The maximum Gasteiger partial charge on any atom is 0.242 e. The Bertz CT molecular complexity index is 1150. The van der Waals surface area contributed by atoms with Gasteiger partial charge in [-0.1, -0.05) is 25.0 Å². The van der Waals surface area contributed by atoms with Crippen molar-refractivity contribution in [3.63, 3.8) is 0 Å². The lowest BCUT2D eigenvalue weighted by Crippen LogP contribution is -2.49. The zero-order chi connectivity index (χ0) is 23.5. The van der Waals surface area contributed by atoms with Gasteiger partial charge in [0.1, 0.15) is 12.7 Å². The number of morpholine rings is 1. The smallest absolute Gasteiger partial charge is 0.242 e. The maximum absolute atomic E-state index is 12.9. The van der Waals surface area contributed by atoms with Crippen LogP contribution < -0.4 is 9.64 Å². The third-order valence-electron chi connectivity index (χ3n) is 6.66. The number of fused-ring (bicyclic) bond motifs is 1. The Morgan fingerprint density at radius 3 is 2.63 bits per heavy atom. The highest BCUT2D eigenvalue weighted by molar-refractivity contribution is 7.59. The number of hydrogen-bond acceptors (Lipinski definition) is 7. The molecule has 1 saturated heterocycles. The van der Waals surface area contributed by atoms with Crippen LogP contribution in [0.1, 0.15) is 25.7 Å². The fourth-order valence-electron chi connectivity index (χ4n) is 4.75. The first kappa shape index (κ1) is 25.2. The van der Waals surface area contributed by atoms with Crippen LogP contribution >= 0.6 is 13.5 Å². The summed E-state index contributed by atoms with van der Waals surface area (Å²) in [6, 6.07) is 10.1. The second-order valence-corrected chi connectivity index (χ2v) is 9.25. The first-order chi connectivity index (χ1) is 16.6. The molecule has 3 aromatic rings. The Morgan fingerprint density at radius 1 is 1.14 bits per heavy atom. The molecule has 1 aliphatic carbocycles. The predicted octanol–water partition coefficient (Wildman–Crippen LogP) is 3.67. The summed E-state index contributed by atoms with van der Waals surface area (Å²) in [5, 5.41) is 0. The van der Waals surface area contributed by atoms with E-state index in [4.69, 9.17) is 14.5 Å². The maximum atomic E-state index is 12.9. The molecule has 0 unspecified atom stereocenters. The Balaban J connectivity index is 0.00000289. The van der Waals surface area contributed by atoms with Crippen LogP contribution in [-0.2, 0) is 9.53 Å². The van der Waals surface area contributed by atoms with Crippen molar-refractivity contribution in [2.24, 2.45) is 5.92 Å². The first-order valence-electron chi connectivity index (χ1n) is 12.0. The predicted molar refractivity (Wildman–Crippen MR) is 141 cm³/mol. The van der Waals surface area contributed by atoms with Gasteiger partial charge in [-0.05, 0) is 31.0 Å². The standard InChI is InChI=1S/C26H31N5O3.H2S/c1-30(2)20-9-7-18(8-10-20)22-15-23-24(28-12-11-27-23)25(29-22)34-17-21-16-31(13-14-33-21)26(32)19-5-3-4-6-19;/h7-12,15,19,21H,3-6,13-14,16-17H2,1-2H3;1H2/t21-;/m0./s1. The van der Waals surface area contributed by atoms with Crippen LogP contribution in [0.4, 0.5) is 5.69 Å². The molecule has 1 atom stereocenters. The molecule has 8 nitrogen and oxygen atoms in total. The summed E-state index contributed by atoms with van der Waals surface area (Å²) in [6.07, 6.45) is 7.43. The van der Waals surface area contributed by atoms with Gasteiger partial charge >= 0.3 is 0 Å². The van der Waals surface area contributed by atoms with Crippen molar-refractivity contribution in [2.75, 3.05) is 45.3 Å². The number of pyridine rings is 1. The monoisotopic (exact) mass is 495 g/mol. The van der Waals surface area contributed by atoms with Gasteiger partial charge in [-0.15, -0.1) is 0 Å². The van der Waals surface area contributed by atoms with Crippen molar-refractivity contribution < 1.29 is 14.3 Å². The van der Waals surface area contributed by atoms with Crippen LogP contribution in [0.15, 0.2) is 42.7 Å². The van der Waals surface area contributed by atoms with E-state index in [-0.39, 0.29) is 31.4 Å². The molecular formula is C26H33N5O3S. The number of amides is 1. The van der Waals surface area contributed by atoms with Gasteiger partial charge in [-0.3, -0.25) is 9.78 Å². The first-order valence-corrected chi connectivity index (χ1v) is 12.0. The lowest BCUT2D eigenvalue weighted by Gasteiger charge is -2.34. The van der Waals surface area contributed by atoms with Crippen molar-refractivity contribution in [1.82, 2.24) is 19.9 Å². The van der Waals surface area contributed by atoms with E-state index in [0.717, 1.165) is 48.1 Å². The average Bonchev–Trinajstić information content (AvgIpc) is 3.42. The van der Waals surface area contributed by atoms with Gasteiger partial charge in [0.25, 0.3) is 0 Å². The van der Waals surface area contributed by atoms with Crippen molar-refractivity contribution in [3.05, 3.63) is 42.7 Å². The van der Waals surface area contributed by atoms with Gasteiger partial charge in [0.2, 0.25) is 11.8 Å². The van der Waals surface area contributed by atoms with Crippen molar-refractivity contribution >= 4 is 36.1 Å². The molecule has 1 amide bonds. The molecule has 1 aliphatic heterocycles. The summed E-state index contributed by atoms with van der Waals surface area (Å²) in [5.74, 6) is 0.875. The molecule has 35 heavy (non-hydrogen) atoms. The van der Waals surface area contributed by atoms with Gasteiger partial charge in [0.05, 0.1) is 24.4 Å². The highest BCUT2D eigenvalue weighted by atomic mass is 32.1. The Labute approximate surface area is 213 Å². The molecule has 3 heterocycles. The summed E-state index contributed by atoms with van der Waals surface area (Å²) < 4.78 is 12.1. The van der Waals surface area contributed by atoms with Crippen LogP contribution in [-0.4, -0.2) is 72.3 Å². The van der Waals surface area contributed by atoms with E-state index in [1.165, 1.54) is 0 Å². The fraction of sp³-hybridized carbons (Fsp3) is 0.462. The molecule has 2 fully saturated rings.